The van der Waals surface area contributed by atoms with E-state index in [0.29, 0.717) is 19.3 Å². The van der Waals surface area contributed by atoms with Crippen LogP contribution in [-0.4, -0.2) is 37.2 Å². The first-order chi connectivity index (χ1) is 31.4. The van der Waals surface area contributed by atoms with E-state index in [4.69, 9.17) is 14.2 Å². The molecule has 6 nitrogen and oxygen atoms in total. The largest absolute Gasteiger partial charge is 0.462 e. The van der Waals surface area contributed by atoms with E-state index >= 15 is 0 Å². The van der Waals surface area contributed by atoms with Crippen molar-refractivity contribution in [2.75, 3.05) is 13.2 Å². The van der Waals surface area contributed by atoms with Gasteiger partial charge in [-0.25, -0.2) is 0 Å². The zero-order valence-electron chi connectivity index (χ0n) is 43.8. The number of ether oxygens (including phenoxy) is 3. The highest BCUT2D eigenvalue weighted by Crippen LogP contribution is 2.18. The number of esters is 3. The van der Waals surface area contributed by atoms with Gasteiger partial charge in [-0.3, -0.25) is 14.4 Å². The van der Waals surface area contributed by atoms with Gasteiger partial charge in [-0.15, -0.1) is 0 Å². The van der Waals surface area contributed by atoms with Crippen molar-refractivity contribution in [1.82, 2.24) is 0 Å². The molecule has 0 saturated carbocycles. The Hall–Kier alpha value is -1.59. The molecule has 0 radical (unpaired) electrons. The molecule has 0 fully saturated rings. The van der Waals surface area contributed by atoms with E-state index in [0.717, 1.165) is 63.7 Å². The molecular weight excluding hydrogens is 793 g/mol. The van der Waals surface area contributed by atoms with E-state index in [9.17, 15) is 14.4 Å². The van der Waals surface area contributed by atoms with Crippen molar-refractivity contribution >= 4 is 17.9 Å². The molecule has 0 aromatic rings. The maximum Gasteiger partial charge on any atom is 0.306 e. The van der Waals surface area contributed by atoms with Crippen LogP contribution in [0.2, 0.25) is 0 Å². The molecule has 0 amide bonds. The maximum absolute atomic E-state index is 12.8. The van der Waals surface area contributed by atoms with Gasteiger partial charge in [0.2, 0.25) is 0 Å². The van der Waals surface area contributed by atoms with Gasteiger partial charge in [-0.2, -0.15) is 0 Å². The molecule has 0 spiro atoms. The van der Waals surface area contributed by atoms with Gasteiger partial charge in [-0.05, 0) is 25.2 Å². The summed E-state index contributed by atoms with van der Waals surface area (Å²) >= 11 is 0. The highest BCUT2D eigenvalue weighted by Gasteiger charge is 2.19. The molecule has 1 atom stereocenters. The van der Waals surface area contributed by atoms with E-state index in [1.165, 1.54) is 225 Å². The summed E-state index contributed by atoms with van der Waals surface area (Å²) in [5.41, 5.74) is 0. The summed E-state index contributed by atoms with van der Waals surface area (Å²) in [4.78, 5) is 38.1. The van der Waals surface area contributed by atoms with Crippen LogP contribution in [0.3, 0.4) is 0 Å². The first-order valence-electron chi connectivity index (χ1n) is 28.9. The minimum Gasteiger partial charge on any atom is -0.462 e. The average molecular weight is 906 g/mol. The summed E-state index contributed by atoms with van der Waals surface area (Å²) in [6, 6.07) is 0. The summed E-state index contributed by atoms with van der Waals surface area (Å²) in [6.45, 7) is 9.06. The quantitative estimate of drug-likeness (QED) is 0.0344. The smallest absolute Gasteiger partial charge is 0.306 e. The molecule has 0 bridgehead atoms. The summed E-state index contributed by atoms with van der Waals surface area (Å²) in [5.74, 6) is 0.0146. The molecule has 6 heteroatoms. The van der Waals surface area contributed by atoms with Gasteiger partial charge in [0.15, 0.2) is 6.10 Å². The van der Waals surface area contributed by atoms with Crippen LogP contribution in [-0.2, 0) is 28.6 Å². The zero-order chi connectivity index (χ0) is 46.7. The number of rotatable bonds is 53. The lowest BCUT2D eigenvalue weighted by molar-refractivity contribution is -0.167. The van der Waals surface area contributed by atoms with Crippen molar-refractivity contribution in [3.63, 3.8) is 0 Å². The van der Waals surface area contributed by atoms with Crippen LogP contribution < -0.4 is 0 Å². The van der Waals surface area contributed by atoms with Gasteiger partial charge >= 0.3 is 17.9 Å². The van der Waals surface area contributed by atoms with Crippen LogP contribution in [0.25, 0.3) is 0 Å². The van der Waals surface area contributed by atoms with Gasteiger partial charge < -0.3 is 14.2 Å². The zero-order valence-corrected chi connectivity index (χ0v) is 43.8. The first-order valence-corrected chi connectivity index (χ1v) is 28.9. The second kappa shape index (κ2) is 52.4. The molecule has 0 aromatic carbocycles. The molecular formula is C58H112O6. The summed E-state index contributed by atoms with van der Waals surface area (Å²) in [6.07, 6.45) is 56.7. The molecule has 0 heterocycles. The first kappa shape index (κ1) is 62.4. The minimum absolute atomic E-state index is 0.0619. The molecule has 0 aliphatic rings. The predicted octanol–water partition coefficient (Wildman–Crippen LogP) is 19.0. The normalized spacial score (nSPS) is 12.0. The summed E-state index contributed by atoms with van der Waals surface area (Å²) in [5, 5.41) is 0. The highest BCUT2D eigenvalue weighted by atomic mass is 16.6. The van der Waals surface area contributed by atoms with E-state index < -0.39 is 6.10 Å². The minimum atomic E-state index is -0.761. The molecule has 0 rings (SSSR count). The summed E-state index contributed by atoms with van der Waals surface area (Å²) in [7, 11) is 0. The highest BCUT2D eigenvalue weighted by molar-refractivity contribution is 5.71. The number of carbonyl (C=O) groups is 3. The van der Waals surface area contributed by atoms with Crippen LogP contribution in [0.15, 0.2) is 0 Å². The van der Waals surface area contributed by atoms with Crippen molar-refractivity contribution in [3.8, 4) is 0 Å². The van der Waals surface area contributed by atoms with Gasteiger partial charge in [0.1, 0.15) is 13.2 Å². The van der Waals surface area contributed by atoms with Crippen molar-refractivity contribution in [3.05, 3.63) is 0 Å². The van der Waals surface area contributed by atoms with Crippen molar-refractivity contribution < 1.29 is 28.6 Å². The Bertz CT molecular complexity index is 964. The van der Waals surface area contributed by atoms with E-state index in [1.807, 2.05) is 0 Å². The lowest BCUT2D eigenvalue weighted by Crippen LogP contribution is -2.30. The Kier molecular flexibility index (Phi) is 51.1. The molecule has 0 aliphatic heterocycles. The Labute approximate surface area is 399 Å². The molecule has 0 unspecified atom stereocenters. The maximum atomic E-state index is 12.8. The third-order valence-corrected chi connectivity index (χ3v) is 13.3. The Morgan fingerprint density at radius 3 is 0.766 bits per heavy atom. The lowest BCUT2D eigenvalue weighted by Gasteiger charge is -2.18. The standard InChI is InChI=1S/C58H112O6/c1-5-7-9-11-13-15-17-18-19-20-24-27-30-34-38-42-46-50-57(60)63-53-55(52-62-56(59)49-45-41-37-33-16-14-12-10-8-6-2)64-58(61)51-47-43-39-35-31-28-25-22-21-23-26-29-32-36-40-44-48-54(3)4/h54-55H,5-53H2,1-4H3/t55-/m0/s1. The number of hydrogen-bond acceptors (Lipinski definition) is 6. The Morgan fingerprint density at radius 2 is 0.516 bits per heavy atom. The molecule has 0 saturated heterocycles. The molecule has 380 valence electrons. The van der Waals surface area contributed by atoms with Crippen LogP contribution in [0.1, 0.15) is 329 Å². The number of unbranched alkanes of at least 4 members (excludes halogenated alkanes) is 40. The van der Waals surface area contributed by atoms with E-state index in [1.54, 1.807) is 0 Å². The van der Waals surface area contributed by atoms with Crippen molar-refractivity contribution in [2.24, 2.45) is 5.92 Å². The topological polar surface area (TPSA) is 78.9 Å². The van der Waals surface area contributed by atoms with Crippen LogP contribution in [0.4, 0.5) is 0 Å². The second-order valence-electron chi connectivity index (χ2n) is 20.4. The van der Waals surface area contributed by atoms with Crippen LogP contribution in [0.5, 0.6) is 0 Å². The van der Waals surface area contributed by atoms with Crippen LogP contribution >= 0.6 is 0 Å². The molecule has 0 N–H and O–H groups in total. The van der Waals surface area contributed by atoms with Crippen molar-refractivity contribution in [1.29, 1.82) is 0 Å². The van der Waals surface area contributed by atoms with E-state index in [-0.39, 0.29) is 31.1 Å². The molecule has 0 aliphatic carbocycles. The lowest BCUT2D eigenvalue weighted by atomic mass is 10.0. The van der Waals surface area contributed by atoms with Gasteiger partial charge in [-0.1, -0.05) is 291 Å². The fourth-order valence-corrected chi connectivity index (χ4v) is 8.92. The monoisotopic (exact) mass is 905 g/mol. The second-order valence-corrected chi connectivity index (χ2v) is 20.4. The molecule has 64 heavy (non-hydrogen) atoms. The molecule has 0 aromatic heterocycles. The van der Waals surface area contributed by atoms with E-state index in [2.05, 4.69) is 27.7 Å². The Morgan fingerprint density at radius 1 is 0.297 bits per heavy atom. The number of carbonyl (C=O) groups excluding carboxylic acids is 3. The fourth-order valence-electron chi connectivity index (χ4n) is 8.92. The third kappa shape index (κ3) is 51.4. The van der Waals surface area contributed by atoms with Gasteiger partial charge in [0, 0.05) is 19.3 Å². The predicted molar refractivity (Wildman–Crippen MR) is 275 cm³/mol. The number of hydrogen-bond donors (Lipinski definition) is 0. The SMILES string of the molecule is CCCCCCCCCCCCCCCCCCCC(=O)OC[C@H](COC(=O)CCCCCCCCCCCC)OC(=O)CCCCCCCCCCCCCCCCCCC(C)C. The summed E-state index contributed by atoms with van der Waals surface area (Å²) < 4.78 is 16.9. The van der Waals surface area contributed by atoms with Gasteiger partial charge in [0.05, 0.1) is 0 Å². The third-order valence-electron chi connectivity index (χ3n) is 13.3. The fraction of sp³-hybridized carbons (Fsp3) is 0.948. The average Bonchev–Trinajstić information content (AvgIpc) is 3.28. The van der Waals surface area contributed by atoms with Gasteiger partial charge in [0.25, 0.3) is 0 Å². The van der Waals surface area contributed by atoms with Crippen LogP contribution in [0, 0.1) is 5.92 Å². The Balaban J connectivity index is 4.23. The van der Waals surface area contributed by atoms with Crippen molar-refractivity contribution in [2.45, 2.75) is 336 Å².